The third kappa shape index (κ3) is 1.40. The first kappa shape index (κ1) is 11.5. The molecule has 0 amide bonds. The van der Waals surface area contributed by atoms with Crippen LogP contribution in [-0.4, -0.2) is 22.4 Å². The van der Waals surface area contributed by atoms with E-state index in [1.165, 1.54) is 0 Å². The van der Waals surface area contributed by atoms with Crippen LogP contribution in [-0.2, 0) is 4.74 Å². The zero-order valence-electron chi connectivity index (χ0n) is 10.6. The first-order valence-corrected chi connectivity index (χ1v) is 6.77. The molecule has 1 aliphatic heterocycles. The molecule has 17 heavy (non-hydrogen) atoms. The number of hydrogen-bond donors (Lipinski definition) is 1. The Morgan fingerprint density at radius 3 is 3.06 bits per heavy atom. The Hall–Kier alpha value is -0.600. The van der Waals surface area contributed by atoms with Crippen LogP contribution < -0.4 is 0 Å². The second-order valence-corrected chi connectivity index (χ2v) is 6.06. The van der Waals surface area contributed by atoms with Crippen molar-refractivity contribution in [1.82, 2.24) is 0 Å². The van der Waals surface area contributed by atoms with Gasteiger partial charge in [0.05, 0.1) is 11.7 Å². The Morgan fingerprint density at radius 1 is 1.47 bits per heavy atom. The van der Waals surface area contributed by atoms with E-state index in [4.69, 9.17) is 4.74 Å². The lowest BCUT2D eigenvalue weighted by atomic mass is 9.73. The largest absolute Gasteiger partial charge is 0.387 e. The van der Waals surface area contributed by atoms with Gasteiger partial charge in [0.2, 0.25) is 0 Å². The normalized spacial score (nSPS) is 52.2. The maximum Gasteiger partial charge on any atom is 0.104 e. The minimum absolute atomic E-state index is 0.193. The fourth-order valence-electron chi connectivity index (χ4n) is 4.54. The highest BCUT2D eigenvalue weighted by Crippen LogP contribution is 2.61. The van der Waals surface area contributed by atoms with Crippen LogP contribution in [0.15, 0.2) is 24.8 Å². The second kappa shape index (κ2) is 3.69. The number of hydrogen-bond acceptors (Lipinski definition) is 2. The van der Waals surface area contributed by atoms with Gasteiger partial charge >= 0.3 is 0 Å². The quantitative estimate of drug-likeness (QED) is 0.744. The molecule has 0 aromatic rings. The van der Waals surface area contributed by atoms with Crippen molar-refractivity contribution in [2.75, 3.05) is 0 Å². The molecule has 5 atom stereocenters. The minimum atomic E-state index is -0.602. The number of aliphatic hydroxyl groups is 1. The number of rotatable bonds is 2. The van der Waals surface area contributed by atoms with Crippen LogP contribution in [0.4, 0.5) is 0 Å². The summed E-state index contributed by atoms with van der Waals surface area (Å²) in [5.74, 6) is 1.01. The van der Waals surface area contributed by atoms with Gasteiger partial charge in [-0.2, -0.15) is 0 Å². The Labute approximate surface area is 103 Å². The summed E-state index contributed by atoms with van der Waals surface area (Å²) in [5, 5.41) is 11.0. The van der Waals surface area contributed by atoms with Crippen molar-refractivity contribution in [1.29, 1.82) is 0 Å². The molecule has 1 heterocycles. The summed E-state index contributed by atoms with van der Waals surface area (Å²) < 4.78 is 6.22. The average molecular weight is 234 g/mol. The minimum Gasteiger partial charge on any atom is -0.387 e. The molecule has 3 aliphatic rings. The van der Waals surface area contributed by atoms with Crippen molar-refractivity contribution < 1.29 is 9.84 Å². The van der Waals surface area contributed by atoms with E-state index < -0.39 is 5.60 Å². The SMILES string of the molecule is C=CC[C@@H]1C[C@]2(O)CC(C)O[C@@]23CC=CC[C@H]13. The van der Waals surface area contributed by atoms with E-state index in [0.29, 0.717) is 11.8 Å². The summed E-state index contributed by atoms with van der Waals surface area (Å²) in [6, 6.07) is 0. The lowest BCUT2D eigenvalue weighted by Gasteiger charge is -2.41. The molecule has 0 radical (unpaired) electrons. The molecular formula is C15H22O2. The van der Waals surface area contributed by atoms with Gasteiger partial charge in [0.15, 0.2) is 0 Å². The summed E-state index contributed by atoms with van der Waals surface area (Å²) in [7, 11) is 0. The van der Waals surface area contributed by atoms with E-state index in [1.807, 2.05) is 6.08 Å². The molecule has 1 N–H and O–H groups in total. The van der Waals surface area contributed by atoms with Crippen molar-refractivity contribution in [3.05, 3.63) is 24.8 Å². The second-order valence-electron chi connectivity index (χ2n) is 6.06. The predicted octanol–water partition coefficient (Wildman–Crippen LogP) is 2.83. The molecule has 0 bridgehead atoms. The summed E-state index contributed by atoms with van der Waals surface area (Å²) in [6.45, 7) is 5.94. The van der Waals surface area contributed by atoms with E-state index in [2.05, 4.69) is 25.7 Å². The van der Waals surface area contributed by atoms with Crippen molar-refractivity contribution in [2.45, 2.75) is 56.3 Å². The highest BCUT2D eigenvalue weighted by molar-refractivity contribution is 5.23. The van der Waals surface area contributed by atoms with Crippen LogP contribution in [0.3, 0.4) is 0 Å². The van der Waals surface area contributed by atoms with Gasteiger partial charge in [-0.3, -0.25) is 0 Å². The van der Waals surface area contributed by atoms with Crippen LogP contribution in [0.1, 0.15) is 39.0 Å². The van der Waals surface area contributed by atoms with Gasteiger partial charge in [-0.1, -0.05) is 18.2 Å². The molecule has 2 fully saturated rings. The summed E-state index contributed by atoms with van der Waals surface area (Å²) >= 11 is 0. The molecular weight excluding hydrogens is 212 g/mol. The fourth-order valence-corrected chi connectivity index (χ4v) is 4.54. The number of allylic oxidation sites excluding steroid dienone is 2. The van der Waals surface area contributed by atoms with Crippen molar-refractivity contribution in [3.8, 4) is 0 Å². The Kier molecular flexibility index (Phi) is 2.50. The van der Waals surface area contributed by atoms with E-state index in [1.54, 1.807) is 0 Å². The fraction of sp³-hybridized carbons (Fsp3) is 0.733. The Morgan fingerprint density at radius 2 is 2.29 bits per heavy atom. The van der Waals surface area contributed by atoms with Gasteiger partial charge in [-0.05, 0) is 44.4 Å². The first-order chi connectivity index (χ1) is 8.11. The van der Waals surface area contributed by atoms with Crippen LogP contribution in [0.2, 0.25) is 0 Å². The predicted molar refractivity (Wildman–Crippen MR) is 67.6 cm³/mol. The number of ether oxygens (including phenoxy) is 1. The van der Waals surface area contributed by atoms with Crippen molar-refractivity contribution in [3.63, 3.8) is 0 Å². The smallest absolute Gasteiger partial charge is 0.104 e. The monoisotopic (exact) mass is 234 g/mol. The topological polar surface area (TPSA) is 29.5 Å². The van der Waals surface area contributed by atoms with Crippen LogP contribution in [0.5, 0.6) is 0 Å². The summed E-state index contributed by atoms with van der Waals surface area (Å²) in [4.78, 5) is 0. The van der Waals surface area contributed by atoms with Gasteiger partial charge in [0, 0.05) is 6.42 Å². The third-order valence-corrected chi connectivity index (χ3v) is 5.04. The molecule has 1 unspecified atom stereocenters. The van der Waals surface area contributed by atoms with E-state index in [-0.39, 0.29) is 11.7 Å². The zero-order chi connectivity index (χ0) is 12.1. The van der Waals surface area contributed by atoms with Crippen molar-refractivity contribution in [2.24, 2.45) is 11.8 Å². The van der Waals surface area contributed by atoms with Gasteiger partial charge in [-0.15, -0.1) is 6.58 Å². The molecule has 94 valence electrons. The van der Waals surface area contributed by atoms with E-state index >= 15 is 0 Å². The molecule has 2 heteroatoms. The summed E-state index contributed by atoms with van der Waals surface area (Å²) in [6.07, 6.45) is 11.2. The molecule has 2 aliphatic carbocycles. The van der Waals surface area contributed by atoms with Crippen LogP contribution >= 0.6 is 0 Å². The van der Waals surface area contributed by atoms with Gasteiger partial charge < -0.3 is 9.84 Å². The molecule has 3 rings (SSSR count). The lowest BCUT2D eigenvalue weighted by molar-refractivity contribution is -0.135. The Bertz CT molecular complexity index is 362. The standard InChI is InChI=1S/C15H22O2/c1-3-6-12-10-14(16)9-11(2)17-15(14)8-5-4-7-13(12)15/h3-5,11-13,16H,1,6-10H2,2H3/t11?,12-,13-,14-,15-/m1/s1. The average Bonchev–Trinajstić information content (AvgIpc) is 2.62. The molecule has 1 saturated carbocycles. The lowest BCUT2D eigenvalue weighted by Crippen LogP contribution is -2.51. The summed E-state index contributed by atoms with van der Waals surface area (Å²) in [5.41, 5.74) is -0.898. The zero-order valence-corrected chi connectivity index (χ0v) is 10.6. The molecule has 0 aromatic heterocycles. The highest BCUT2D eigenvalue weighted by Gasteiger charge is 2.67. The maximum atomic E-state index is 11.0. The third-order valence-electron chi connectivity index (χ3n) is 5.04. The highest BCUT2D eigenvalue weighted by atomic mass is 16.5. The molecule has 0 aromatic carbocycles. The molecule has 1 spiro atoms. The Balaban J connectivity index is 1.99. The van der Waals surface area contributed by atoms with Crippen molar-refractivity contribution >= 4 is 0 Å². The van der Waals surface area contributed by atoms with Crippen LogP contribution in [0, 0.1) is 11.8 Å². The first-order valence-electron chi connectivity index (χ1n) is 6.77. The van der Waals surface area contributed by atoms with E-state index in [0.717, 1.165) is 32.1 Å². The van der Waals surface area contributed by atoms with E-state index in [9.17, 15) is 5.11 Å². The van der Waals surface area contributed by atoms with Gasteiger partial charge in [0.1, 0.15) is 5.60 Å². The molecule has 1 saturated heterocycles. The van der Waals surface area contributed by atoms with Crippen LogP contribution in [0.25, 0.3) is 0 Å². The van der Waals surface area contributed by atoms with Gasteiger partial charge in [-0.25, -0.2) is 0 Å². The molecule has 2 nitrogen and oxygen atoms in total. The maximum absolute atomic E-state index is 11.0. The van der Waals surface area contributed by atoms with Gasteiger partial charge in [0.25, 0.3) is 0 Å².